The number of nitrogens with zero attached hydrogens (tertiary/aromatic N) is 1. The average molecular weight is 233 g/mol. The molecule has 0 spiro atoms. The van der Waals surface area contributed by atoms with Crippen molar-refractivity contribution in [2.45, 2.75) is 18.2 Å². The molecule has 0 aliphatic heterocycles. The lowest BCUT2D eigenvalue weighted by atomic mass is 10.2. The van der Waals surface area contributed by atoms with Gasteiger partial charge in [0.2, 0.25) is 5.91 Å². The third kappa shape index (κ3) is 2.34. The fourth-order valence-electron chi connectivity index (χ4n) is 0.542. The maximum Gasteiger partial charge on any atom is 0.241 e. The zero-order chi connectivity index (χ0) is 9.19. The quantitative estimate of drug-likeness (QED) is 0.792. The van der Waals surface area contributed by atoms with E-state index in [4.69, 9.17) is 0 Å². The third-order valence-electron chi connectivity index (χ3n) is 1.22. The Balaban J connectivity index is 2.60. The van der Waals surface area contributed by atoms with Crippen molar-refractivity contribution >= 4 is 27.7 Å². The number of rotatable bonds is 2. The maximum absolute atomic E-state index is 11.3. The molecule has 0 aliphatic carbocycles. The van der Waals surface area contributed by atoms with Gasteiger partial charge in [-0.15, -0.1) is 0 Å². The van der Waals surface area contributed by atoms with Crippen molar-refractivity contribution in [1.82, 2.24) is 5.16 Å². The van der Waals surface area contributed by atoms with E-state index in [0.717, 1.165) is 0 Å². The number of anilines is 1. The first kappa shape index (κ1) is 9.25. The highest BCUT2D eigenvalue weighted by Gasteiger charge is 2.23. The molecule has 1 heterocycles. The monoisotopic (exact) mass is 232 g/mol. The molecule has 5 heteroatoms. The summed E-state index contributed by atoms with van der Waals surface area (Å²) in [7, 11) is 0. The fourth-order valence-corrected chi connectivity index (χ4v) is 0.641. The molecule has 12 heavy (non-hydrogen) atoms. The summed E-state index contributed by atoms with van der Waals surface area (Å²) in [5.74, 6) is 0.268. The summed E-state index contributed by atoms with van der Waals surface area (Å²) < 4.78 is 3.96. The number of aromatic nitrogens is 1. The lowest BCUT2D eigenvalue weighted by molar-refractivity contribution is -0.117. The van der Waals surface area contributed by atoms with E-state index in [9.17, 15) is 4.79 Å². The average Bonchev–Trinajstić information content (AvgIpc) is 2.37. The molecule has 0 radical (unpaired) electrons. The number of nitrogens with one attached hydrogen (secondary N) is 1. The van der Waals surface area contributed by atoms with Crippen LogP contribution < -0.4 is 5.32 Å². The molecule has 0 fully saturated rings. The molecule has 4 nitrogen and oxygen atoms in total. The van der Waals surface area contributed by atoms with E-state index in [2.05, 4.69) is 30.9 Å². The Morgan fingerprint density at radius 3 is 2.83 bits per heavy atom. The molecule has 0 aromatic carbocycles. The molecular formula is C7H9BrN2O2. The summed E-state index contributed by atoms with van der Waals surface area (Å²) in [5.41, 5.74) is 0. The van der Waals surface area contributed by atoms with Crippen LogP contribution in [0.25, 0.3) is 0 Å². The number of alkyl halides is 1. The highest BCUT2D eigenvalue weighted by Crippen LogP contribution is 2.17. The van der Waals surface area contributed by atoms with Crippen molar-refractivity contribution in [2.75, 3.05) is 5.32 Å². The Bertz CT molecular complexity index is 263. The van der Waals surface area contributed by atoms with E-state index in [0.29, 0.717) is 5.82 Å². The van der Waals surface area contributed by atoms with E-state index < -0.39 is 4.32 Å². The summed E-state index contributed by atoms with van der Waals surface area (Å²) in [4.78, 5) is 11.3. The molecule has 0 saturated heterocycles. The van der Waals surface area contributed by atoms with Gasteiger partial charge in [-0.1, -0.05) is 21.1 Å². The second kappa shape index (κ2) is 3.26. The lowest BCUT2D eigenvalue weighted by Gasteiger charge is -2.13. The van der Waals surface area contributed by atoms with Crippen molar-refractivity contribution in [2.24, 2.45) is 0 Å². The first-order chi connectivity index (χ1) is 5.50. The van der Waals surface area contributed by atoms with Crippen LogP contribution in [0.2, 0.25) is 0 Å². The van der Waals surface area contributed by atoms with Gasteiger partial charge in [0.1, 0.15) is 6.26 Å². The second-order valence-electron chi connectivity index (χ2n) is 2.81. The van der Waals surface area contributed by atoms with Gasteiger partial charge in [0.05, 0.1) is 4.32 Å². The number of halogens is 1. The Morgan fingerprint density at radius 2 is 2.42 bits per heavy atom. The normalized spacial score (nSPS) is 11.2. The van der Waals surface area contributed by atoms with Crippen molar-refractivity contribution in [3.05, 3.63) is 12.3 Å². The molecule has 1 amide bonds. The van der Waals surface area contributed by atoms with Crippen LogP contribution >= 0.6 is 15.9 Å². The van der Waals surface area contributed by atoms with Gasteiger partial charge < -0.3 is 9.84 Å². The third-order valence-corrected chi connectivity index (χ3v) is 1.58. The van der Waals surface area contributed by atoms with Crippen molar-refractivity contribution in [3.63, 3.8) is 0 Å². The summed E-state index contributed by atoms with van der Waals surface area (Å²) in [6, 6.07) is 1.58. The van der Waals surface area contributed by atoms with E-state index in [-0.39, 0.29) is 5.91 Å². The van der Waals surface area contributed by atoms with E-state index in [1.807, 2.05) is 0 Å². The number of carbonyl (C=O) groups excluding carboxylic acids is 1. The Morgan fingerprint density at radius 1 is 1.75 bits per heavy atom. The van der Waals surface area contributed by atoms with Crippen LogP contribution in [0.3, 0.4) is 0 Å². The molecule has 1 rings (SSSR count). The highest BCUT2D eigenvalue weighted by atomic mass is 79.9. The minimum Gasteiger partial charge on any atom is -0.363 e. The Labute approximate surface area is 78.4 Å². The summed E-state index contributed by atoms with van der Waals surface area (Å²) in [6.45, 7) is 3.50. The second-order valence-corrected chi connectivity index (χ2v) is 4.79. The first-order valence-corrected chi connectivity index (χ1v) is 4.20. The SMILES string of the molecule is CC(C)(Br)C(=O)Nc1ccon1. The predicted molar refractivity (Wildman–Crippen MR) is 48.1 cm³/mol. The number of hydrogen-bond acceptors (Lipinski definition) is 3. The molecule has 66 valence electrons. The van der Waals surface area contributed by atoms with Crippen molar-refractivity contribution in [1.29, 1.82) is 0 Å². The molecule has 0 aliphatic rings. The van der Waals surface area contributed by atoms with Gasteiger partial charge >= 0.3 is 0 Å². The number of hydrogen-bond donors (Lipinski definition) is 1. The smallest absolute Gasteiger partial charge is 0.241 e. The number of carbonyl (C=O) groups is 1. The van der Waals surface area contributed by atoms with Crippen LogP contribution in [0.15, 0.2) is 16.9 Å². The molecule has 0 unspecified atom stereocenters. The van der Waals surface area contributed by atoms with Gasteiger partial charge in [0, 0.05) is 6.07 Å². The number of amides is 1. The van der Waals surface area contributed by atoms with Crippen LogP contribution in [0.5, 0.6) is 0 Å². The predicted octanol–water partition coefficient (Wildman–Crippen LogP) is 1.79. The van der Waals surface area contributed by atoms with E-state index in [1.165, 1.54) is 6.26 Å². The minimum atomic E-state index is -0.591. The standard InChI is InChI=1S/C7H9BrN2O2/c1-7(2,8)6(11)9-5-3-4-12-10-5/h3-4H,1-2H3,(H,9,10,11). The topological polar surface area (TPSA) is 55.1 Å². The van der Waals surface area contributed by atoms with Gasteiger partial charge in [-0.3, -0.25) is 4.79 Å². The molecule has 0 atom stereocenters. The van der Waals surface area contributed by atoms with Crippen LogP contribution in [0.4, 0.5) is 5.82 Å². The summed E-state index contributed by atoms with van der Waals surface area (Å²) in [6.07, 6.45) is 1.40. The van der Waals surface area contributed by atoms with Crippen molar-refractivity contribution < 1.29 is 9.32 Å². The fraction of sp³-hybridized carbons (Fsp3) is 0.429. The van der Waals surface area contributed by atoms with Gasteiger partial charge in [0.25, 0.3) is 0 Å². The summed E-state index contributed by atoms with van der Waals surface area (Å²) >= 11 is 3.22. The van der Waals surface area contributed by atoms with Gasteiger partial charge in [0.15, 0.2) is 5.82 Å². The van der Waals surface area contributed by atoms with Gasteiger partial charge in [-0.2, -0.15) is 0 Å². The van der Waals surface area contributed by atoms with Crippen molar-refractivity contribution in [3.8, 4) is 0 Å². The van der Waals surface area contributed by atoms with E-state index in [1.54, 1.807) is 19.9 Å². The Kier molecular flexibility index (Phi) is 2.52. The van der Waals surface area contributed by atoms with E-state index >= 15 is 0 Å². The van der Waals surface area contributed by atoms with Gasteiger partial charge in [-0.05, 0) is 13.8 Å². The Hall–Kier alpha value is -0.840. The molecular weight excluding hydrogens is 224 g/mol. The largest absolute Gasteiger partial charge is 0.363 e. The molecule has 0 bridgehead atoms. The lowest BCUT2D eigenvalue weighted by Crippen LogP contribution is -2.31. The molecule has 0 saturated carbocycles. The highest BCUT2D eigenvalue weighted by molar-refractivity contribution is 9.10. The first-order valence-electron chi connectivity index (χ1n) is 3.41. The van der Waals surface area contributed by atoms with Crippen LogP contribution in [0, 0.1) is 0 Å². The molecule has 1 aromatic rings. The van der Waals surface area contributed by atoms with Crippen LogP contribution in [-0.4, -0.2) is 15.4 Å². The van der Waals surface area contributed by atoms with Gasteiger partial charge in [-0.25, -0.2) is 0 Å². The molecule has 1 aromatic heterocycles. The summed E-state index contributed by atoms with van der Waals surface area (Å²) in [5, 5.41) is 6.11. The zero-order valence-corrected chi connectivity index (χ0v) is 8.38. The minimum absolute atomic E-state index is 0.156. The maximum atomic E-state index is 11.3. The van der Waals surface area contributed by atoms with Crippen LogP contribution in [-0.2, 0) is 4.79 Å². The van der Waals surface area contributed by atoms with Crippen LogP contribution in [0.1, 0.15) is 13.8 Å². The zero-order valence-electron chi connectivity index (χ0n) is 6.80. The molecule has 1 N–H and O–H groups in total.